The summed E-state index contributed by atoms with van der Waals surface area (Å²) in [7, 11) is 1.65. The predicted molar refractivity (Wildman–Crippen MR) is 125 cm³/mol. The number of carbonyl (C=O) groups excluding carboxylic acids is 1. The van der Waals surface area contributed by atoms with E-state index in [1.807, 2.05) is 66.5 Å². The molecule has 3 aromatic rings. The minimum Gasteiger partial charge on any atom is -0.497 e. The van der Waals surface area contributed by atoms with Crippen molar-refractivity contribution in [1.29, 1.82) is 0 Å². The molecule has 3 heterocycles. The molecule has 0 bridgehead atoms. The summed E-state index contributed by atoms with van der Waals surface area (Å²) in [5, 5.41) is 9.84. The molecule has 3 aromatic carbocycles. The fourth-order valence-corrected chi connectivity index (χ4v) is 5.16. The number of methoxy groups -OCH3 is 1. The Morgan fingerprint density at radius 2 is 1.97 bits per heavy atom. The number of fused-ring (bicyclic) bond motifs is 6. The first-order chi connectivity index (χ1) is 15.5. The number of amides is 1. The SMILES string of the molecule is COc1ccc(C2=NN3[C@@H](C2)c2cc(Br)ccc2O[C@@]32C(=O)Nc3ccc(C)cc32)cc1. The standard InChI is InChI=1S/C25H20BrN3O3/c1-14-3-9-20-19(11-14)25(24(30)27-20)29-22(18-12-16(26)6-10-23(18)32-25)13-21(28-29)15-4-7-17(31-2)8-5-15/h3-12,22H,13H2,1-2H3,(H,27,30)/t22-,25-/m0/s1. The first kappa shape index (κ1) is 19.4. The van der Waals surface area contributed by atoms with Crippen LogP contribution in [0.3, 0.4) is 0 Å². The topological polar surface area (TPSA) is 63.2 Å². The van der Waals surface area contributed by atoms with Crippen molar-refractivity contribution in [2.24, 2.45) is 5.10 Å². The molecule has 32 heavy (non-hydrogen) atoms. The van der Waals surface area contributed by atoms with Crippen molar-refractivity contribution >= 4 is 33.2 Å². The third kappa shape index (κ3) is 2.64. The van der Waals surface area contributed by atoms with Crippen molar-refractivity contribution in [1.82, 2.24) is 5.01 Å². The van der Waals surface area contributed by atoms with Crippen molar-refractivity contribution < 1.29 is 14.3 Å². The summed E-state index contributed by atoms with van der Waals surface area (Å²) in [5.74, 6) is 1.26. The normalized spacial score (nSPS) is 22.6. The lowest BCUT2D eigenvalue weighted by Gasteiger charge is -2.44. The lowest BCUT2D eigenvalue weighted by atomic mass is 9.92. The van der Waals surface area contributed by atoms with E-state index in [-0.39, 0.29) is 11.9 Å². The highest BCUT2D eigenvalue weighted by Crippen LogP contribution is 2.54. The van der Waals surface area contributed by atoms with Gasteiger partial charge in [-0.15, -0.1) is 0 Å². The molecule has 3 aliphatic heterocycles. The van der Waals surface area contributed by atoms with Crippen LogP contribution in [0, 0.1) is 6.92 Å². The summed E-state index contributed by atoms with van der Waals surface area (Å²) in [6.45, 7) is 2.01. The molecule has 0 unspecified atom stereocenters. The van der Waals surface area contributed by atoms with E-state index in [4.69, 9.17) is 14.6 Å². The van der Waals surface area contributed by atoms with Crippen LogP contribution in [0.25, 0.3) is 0 Å². The maximum Gasteiger partial charge on any atom is 0.306 e. The summed E-state index contributed by atoms with van der Waals surface area (Å²) < 4.78 is 12.8. The van der Waals surface area contributed by atoms with Crippen LogP contribution in [-0.2, 0) is 10.5 Å². The van der Waals surface area contributed by atoms with E-state index in [0.717, 1.165) is 43.9 Å². The van der Waals surface area contributed by atoms with Gasteiger partial charge in [0.1, 0.15) is 11.5 Å². The molecule has 1 spiro atoms. The Morgan fingerprint density at radius 3 is 2.75 bits per heavy atom. The zero-order chi connectivity index (χ0) is 22.0. The lowest BCUT2D eigenvalue weighted by molar-refractivity contribution is -0.161. The molecule has 2 atom stereocenters. The van der Waals surface area contributed by atoms with E-state index < -0.39 is 5.72 Å². The number of hydrogen-bond acceptors (Lipinski definition) is 5. The molecule has 0 saturated heterocycles. The third-order valence-corrected chi connectivity index (χ3v) is 6.83. The van der Waals surface area contributed by atoms with Crippen molar-refractivity contribution in [3.63, 3.8) is 0 Å². The second kappa shape index (κ2) is 6.84. The molecule has 1 N–H and O–H groups in total. The Labute approximate surface area is 194 Å². The van der Waals surface area contributed by atoms with Gasteiger partial charge in [0.2, 0.25) is 0 Å². The number of anilines is 1. The van der Waals surface area contributed by atoms with Crippen LogP contribution in [0.15, 0.2) is 70.2 Å². The number of rotatable bonds is 2. The number of carbonyl (C=O) groups is 1. The molecule has 0 saturated carbocycles. The van der Waals surface area contributed by atoms with E-state index in [1.54, 1.807) is 7.11 Å². The molecular formula is C25H20BrN3O3. The van der Waals surface area contributed by atoms with Crippen molar-refractivity contribution in [2.75, 3.05) is 12.4 Å². The molecule has 1 amide bonds. The van der Waals surface area contributed by atoms with E-state index in [9.17, 15) is 4.79 Å². The molecular weight excluding hydrogens is 470 g/mol. The summed E-state index contributed by atoms with van der Waals surface area (Å²) in [5.41, 5.74) is 4.16. The third-order valence-electron chi connectivity index (χ3n) is 6.34. The van der Waals surface area contributed by atoms with E-state index in [1.165, 1.54) is 0 Å². The highest BCUT2D eigenvalue weighted by molar-refractivity contribution is 9.10. The zero-order valence-electron chi connectivity index (χ0n) is 17.6. The first-order valence-electron chi connectivity index (χ1n) is 10.4. The molecule has 0 radical (unpaired) electrons. The van der Waals surface area contributed by atoms with Gasteiger partial charge in [-0.1, -0.05) is 27.6 Å². The van der Waals surface area contributed by atoms with Gasteiger partial charge >= 0.3 is 5.72 Å². The highest BCUT2D eigenvalue weighted by Gasteiger charge is 2.60. The van der Waals surface area contributed by atoms with E-state index in [2.05, 4.69) is 27.3 Å². The van der Waals surface area contributed by atoms with Crippen molar-refractivity contribution in [2.45, 2.75) is 25.1 Å². The van der Waals surface area contributed by atoms with Gasteiger partial charge in [-0.2, -0.15) is 5.10 Å². The van der Waals surface area contributed by atoms with Gasteiger partial charge in [-0.05, 0) is 67.1 Å². The van der Waals surface area contributed by atoms with Crippen molar-refractivity contribution in [3.8, 4) is 11.5 Å². The summed E-state index contributed by atoms with van der Waals surface area (Å²) in [4.78, 5) is 13.5. The van der Waals surface area contributed by atoms with Crippen LogP contribution in [0.2, 0.25) is 0 Å². The Kier molecular flexibility index (Phi) is 4.14. The number of benzene rings is 3. The molecule has 0 fully saturated rings. The van der Waals surface area contributed by atoms with Gasteiger partial charge in [0.15, 0.2) is 0 Å². The molecule has 6 nitrogen and oxygen atoms in total. The number of ether oxygens (including phenoxy) is 2. The molecule has 0 aromatic heterocycles. The number of aryl methyl sites for hydroxylation is 1. The minimum atomic E-state index is -1.35. The maximum absolute atomic E-state index is 13.5. The molecule has 3 aliphatic rings. The monoisotopic (exact) mass is 489 g/mol. The number of hydrazone groups is 1. The first-order valence-corrected chi connectivity index (χ1v) is 11.2. The fourth-order valence-electron chi connectivity index (χ4n) is 4.78. The Bertz CT molecular complexity index is 1300. The molecule has 0 aliphatic carbocycles. The molecule has 160 valence electrons. The second-order valence-electron chi connectivity index (χ2n) is 8.27. The number of hydrogen-bond donors (Lipinski definition) is 1. The highest BCUT2D eigenvalue weighted by atomic mass is 79.9. The maximum atomic E-state index is 13.5. The van der Waals surface area contributed by atoms with Crippen molar-refractivity contribution in [3.05, 3.63) is 87.4 Å². The lowest BCUT2D eigenvalue weighted by Crippen LogP contribution is -2.55. The number of nitrogens with one attached hydrogen (secondary N) is 1. The van der Waals surface area contributed by atoms with Gasteiger partial charge in [-0.3, -0.25) is 4.79 Å². The van der Waals surface area contributed by atoms with Crippen LogP contribution in [0.4, 0.5) is 5.69 Å². The van der Waals surface area contributed by atoms with Crippen LogP contribution < -0.4 is 14.8 Å². The summed E-state index contributed by atoms with van der Waals surface area (Å²) in [6, 6.07) is 19.5. The van der Waals surface area contributed by atoms with E-state index in [0.29, 0.717) is 12.2 Å². The van der Waals surface area contributed by atoms with E-state index >= 15 is 0 Å². The quantitative estimate of drug-likeness (QED) is 0.542. The fraction of sp³-hybridized carbons (Fsp3) is 0.200. The van der Waals surface area contributed by atoms with Crippen LogP contribution in [-0.4, -0.2) is 23.7 Å². The summed E-state index contributed by atoms with van der Waals surface area (Å²) in [6.07, 6.45) is 0.662. The van der Waals surface area contributed by atoms with Gasteiger partial charge in [0.25, 0.3) is 5.91 Å². The largest absolute Gasteiger partial charge is 0.497 e. The minimum absolute atomic E-state index is 0.134. The second-order valence-corrected chi connectivity index (χ2v) is 9.19. The average Bonchev–Trinajstić information content (AvgIpc) is 3.36. The zero-order valence-corrected chi connectivity index (χ0v) is 19.1. The smallest absolute Gasteiger partial charge is 0.306 e. The predicted octanol–water partition coefficient (Wildman–Crippen LogP) is 5.11. The Balaban J connectivity index is 1.55. The molecule has 6 rings (SSSR count). The van der Waals surface area contributed by atoms with Gasteiger partial charge in [0.05, 0.1) is 30.1 Å². The number of nitrogens with zero attached hydrogens (tertiary/aromatic N) is 2. The van der Waals surface area contributed by atoms with Crippen LogP contribution in [0.5, 0.6) is 11.5 Å². The van der Waals surface area contributed by atoms with Gasteiger partial charge < -0.3 is 14.8 Å². The Hall–Kier alpha value is -3.32. The molecule has 7 heteroatoms. The summed E-state index contributed by atoms with van der Waals surface area (Å²) >= 11 is 3.58. The Morgan fingerprint density at radius 1 is 1.16 bits per heavy atom. The van der Waals surface area contributed by atoms with Gasteiger partial charge in [0, 0.05) is 16.5 Å². The average molecular weight is 490 g/mol. The van der Waals surface area contributed by atoms with Crippen LogP contribution >= 0.6 is 15.9 Å². The van der Waals surface area contributed by atoms with Gasteiger partial charge in [-0.25, -0.2) is 5.01 Å². The van der Waals surface area contributed by atoms with Crippen LogP contribution in [0.1, 0.15) is 34.7 Å². The number of halogens is 1.